The summed E-state index contributed by atoms with van der Waals surface area (Å²) >= 11 is 1.48. The molecule has 1 heterocycles. The Morgan fingerprint density at radius 3 is 2.88 bits per heavy atom. The molecule has 4 N–H and O–H groups in total. The molecule has 0 atom stereocenters. The average molecular weight is 255 g/mol. The molecule has 0 aliphatic heterocycles. The largest absolute Gasteiger partial charge is 0.409 e. The molecule has 1 amide bonds. The molecule has 6 heteroatoms. The monoisotopic (exact) mass is 255 g/mol. The maximum Gasteiger partial charge on any atom is 0.261 e. The lowest BCUT2D eigenvalue weighted by atomic mass is 10.2. The summed E-state index contributed by atoms with van der Waals surface area (Å²) in [6.45, 7) is 2.58. The molecule has 0 unspecified atom stereocenters. The molecule has 1 aromatic heterocycles. The van der Waals surface area contributed by atoms with E-state index in [0.717, 1.165) is 22.6 Å². The van der Waals surface area contributed by atoms with Gasteiger partial charge in [0.1, 0.15) is 5.84 Å². The Morgan fingerprint density at radius 1 is 1.53 bits per heavy atom. The van der Waals surface area contributed by atoms with E-state index in [2.05, 4.69) is 10.5 Å². The number of carbonyl (C=O) groups excluding carboxylic acids is 1. The number of hydrogen-bond acceptors (Lipinski definition) is 4. The summed E-state index contributed by atoms with van der Waals surface area (Å²) in [7, 11) is 0. The second-order valence-electron chi connectivity index (χ2n) is 3.71. The van der Waals surface area contributed by atoms with Crippen molar-refractivity contribution in [2.24, 2.45) is 10.9 Å². The Hall–Kier alpha value is -1.56. The van der Waals surface area contributed by atoms with Crippen molar-refractivity contribution in [2.45, 2.75) is 26.2 Å². The van der Waals surface area contributed by atoms with Crippen LogP contribution in [-0.4, -0.2) is 23.5 Å². The van der Waals surface area contributed by atoms with Crippen LogP contribution in [0.15, 0.2) is 17.3 Å². The lowest BCUT2D eigenvalue weighted by Gasteiger charge is -2.03. The molecule has 0 fully saturated rings. The number of carbonyl (C=O) groups is 1. The fourth-order valence-electron chi connectivity index (χ4n) is 1.33. The third kappa shape index (κ3) is 4.86. The van der Waals surface area contributed by atoms with E-state index < -0.39 is 0 Å². The lowest BCUT2D eigenvalue weighted by Crippen LogP contribution is -2.23. The second kappa shape index (κ2) is 6.90. The van der Waals surface area contributed by atoms with Crippen molar-refractivity contribution < 1.29 is 10.0 Å². The molecular formula is C11H17N3O2S. The SMILES string of the molecule is Cc1ccc(C(=O)NCCCCC(N)=NO)s1. The van der Waals surface area contributed by atoms with E-state index >= 15 is 0 Å². The number of amidine groups is 1. The van der Waals surface area contributed by atoms with Crippen molar-refractivity contribution in [1.29, 1.82) is 0 Å². The summed E-state index contributed by atoms with van der Waals surface area (Å²) in [5.41, 5.74) is 5.32. The molecule has 1 rings (SSSR count). The van der Waals surface area contributed by atoms with Crippen molar-refractivity contribution in [3.05, 3.63) is 21.9 Å². The number of nitrogens with two attached hydrogens (primary N) is 1. The van der Waals surface area contributed by atoms with Gasteiger partial charge in [-0.15, -0.1) is 11.3 Å². The van der Waals surface area contributed by atoms with E-state index in [4.69, 9.17) is 10.9 Å². The van der Waals surface area contributed by atoms with Crippen LogP contribution in [0.3, 0.4) is 0 Å². The molecular weight excluding hydrogens is 238 g/mol. The van der Waals surface area contributed by atoms with E-state index in [1.54, 1.807) is 0 Å². The van der Waals surface area contributed by atoms with E-state index in [1.807, 2.05) is 19.1 Å². The van der Waals surface area contributed by atoms with Crippen molar-refractivity contribution in [3.8, 4) is 0 Å². The van der Waals surface area contributed by atoms with E-state index in [0.29, 0.717) is 13.0 Å². The van der Waals surface area contributed by atoms with Crippen molar-refractivity contribution in [2.75, 3.05) is 6.54 Å². The van der Waals surface area contributed by atoms with Crippen LogP contribution in [0.4, 0.5) is 0 Å². The summed E-state index contributed by atoms with van der Waals surface area (Å²) in [5.74, 6) is 0.192. The van der Waals surface area contributed by atoms with Crippen LogP contribution in [-0.2, 0) is 0 Å². The highest BCUT2D eigenvalue weighted by atomic mass is 32.1. The van der Waals surface area contributed by atoms with Crippen molar-refractivity contribution >= 4 is 23.1 Å². The second-order valence-corrected chi connectivity index (χ2v) is 5.00. The first-order chi connectivity index (χ1) is 8.13. The van der Waals surface area contributed by atoms with Crippen LogP contribution in [0.2, 0.25) is 0 Å². The zero-order valence-corrected chi connectivity index (χ0v) is 10.6. The summed E-state index contributed by atoms with van der Waals surface area (Å²) in [6, 6.07) is 3.75. The van der Waals surface area contributed by atoms with Crippen molar-refractivity contribution in [3.63, 3.8) is 0 Å². The van der Waals surface area contributed by atoms with Gasteiger partial charge < -0.3 is 16.3 Å². The van der Waals surface area contributed by atoms with E-state index in [9.17, 15) is 4.79 Å². The number of nitrogens with zero attached hydrogens (tertiary/aromatic N) is 1. The predicted octanol–water partition coefficient (Wildman–Crippen LogP) is 1.70. The van der Waals surface area contributed by atoms with Crippen LogP contribution in [0.25, 0.3) is 0 Å². The maximum absolute atomic E-state index is 11.6. The minimum atomic E-state index is -0.0353. The molecule has 0 aromatic carbocycles. The Bertz CT molecular complexity index is 401. The number of hydrogen-bond donors (Lipinski definition) is 3. The fraction of sp³-hybridized carbons (Fsp3) is 0.455. The molecule has 17 heavy (non-hydrogen) atoms. The Morgan fingerprint density at radius 2 is 2.29 bits per heavy atom. The van der Waals surface area contributed by atoms with Gasteiger partial charge in [-0.1, -0.05) is 5.16 Å². The minimum Gasteiger partial charge on any atom is -0.409 e. The fourth-order valence-corrected chi connectivity index (χ4v) is 2.11. The number of unbranched alkanes of at least 4 members (excludes halogenated alkanes) is 1. The smallest absolute Gasteiger partial charge is 0.261 e. The molecule has 94 valence electrons. The predicted molar refractivity (Wildman–Crippen MR) is 68.6 cm³/mol. The molecule has 0 bridgehead atoms. The van der Waals surface area contributed by atoms with Gasteiger partial charge in [0.25, 0.3) is 5.91 Å². The number of thiophene rings is 1. The third-order valence-corrected chi connectivity index (χ3v) is 3.24. The topological polar surface area (TPSA) is 87.7 Å². The van der Waals surface area contributed by atoms with Crippen LogP contribution >= 0.6 is 11.3 Å². The summed E-state index contributed by atoms with van der Waals surface area (Å²) < 4.78 is 0. The summed E-state index contributed by atoms with van der Waals surface area (Å²) in [4.78, 5) is 13.5. The molecule has 0 spiro atoms. The highest BCUT2D eigenvalue weighted by molar-refractivity contribution is 7.13. The lowest BCUT2D eigenvalue weighted by molar-refractivity contribution is 0.0957. The number of amides is 1. The van der Waals surface area contributed by atoms with Gasteiger partial charge in [-0.25, -0.2) is 0 Å². The van der Waals surface area contributed by atoms with Crippen LogP contribution in [0.5, 0.6) is 0 Å². The molecule has 5 nitrogen and oxygen atoms in total. The molecule has 0 radical (unpaired) electrons. The summed E-state index contributed by atoms with van der Waals surface area (Å²) in [6.07, 6.45) is 2.15. The first kappa shape index (κ1) is 13.5. The minimum absolute atomic E-state index is 0.0353. The van der Waals surface area contributed by atoms with Crippen molar-refractivity contribution in [1.82, 2.24) is 5.32 Å². The van der Waals surface area contributed by atoms with Gasteiger partial charge in [-0.3, -0.25) is 4.79 Å². The van der Waals surface area contributed by atoms with E-state index in [-0.39, 0.29) is 11.7 Å². The molecule has 1 aromatic rings. The van der Waals surface area contributed by atoms with E-state index in [1.165, 1.54) is 11.3 Å². The first-order valence-electron chi connectivity index (χ1n) is 5.44. The Balaban J connectivity index is 2.17. The average Bonchev–Trinajstić information content (AvgIpc) is 2.75. The van der Waals surface area contributed by atoms with Gasteiger partial charge in [0.05, 0.1) is 4.88 Å². The molecule has 0 saturated heterocycles. The van der Waals surface area contributed by atoms with Gasteiger partial charge in [-0.2, -0.15) is 0 Å². The highest BCUT2D eigenvalue weighted by Crippen LogP contribution is 2.14. The van der Waals surface area contributed by atoms with Gasteiger partial charge in [-0.05, 0) is 31.9 Å². The van der Waals surface area contributed by atoms with Gasteiger partial charge >= 0.3 is 0 Å². The molecule has 0 aliphatic rings. The summed E-state index contributed by atoms with van der Waals surface area (Å²) in [5, 5.41) is 14.0. The standard InChI is InChI=1S/C11H17N3O2S/c1-8-5-6-9(17-8)11(15)13-7-3-2-4-10(12)14-16/h5-6,16H,2-4,7H2,1H3,(H2,12,14)(H,13,15). The number of rotatable bonds is 6. The number of oxime groups is 1. The van der Waals surface area contributed by atoms with Crippen LogP contribution < -0.4 is 11.1 Å². The molecule has 0 aliphatic carbocycles. The Kier molecular flexibility index (Phi) is 5.48. The third-order valence-electron chi connectivity index (χ3n) is 2.24. The van der Waals surface area contributed by atoms with Gasteiger partial charge in [0.15, 0.2) is 0 Å². The quantitative estimate of drug-likeness (QED) is 0.238. The maximum atomic E-state index is 11.6. The number of aryl methyl sites for hydroxylation is 1. The number of nitrogens with one attached hydrogen (secondary N) is 1. The molecule has 0 saturated carbocycles. The highest BCUT2D eigenvalue weighted by Gasteiger charge is 2.06. The van der Waals surface area contributed by atoms with Crippen LogP contribution in [0, 0.1) is 6.92 Å². The Labute approximate surface area is 104 Å². The zero-order valence-electron chi connectivity index (χ0n) is 9.77. The zero-order chi connectivity index (χ0) is 12.7. The van der Waals surface area contributed by atoms with Crippen LogP contribution in [0.1, 0.15) is 33.8 Å². The van der Waals surface area contributed by atoms with Gasteiger partial charge in [0.2, 0.25) is 0 Å². The van der Waals surface area contributed by atoms with Gasteiger partial charge in [0, 0.05) is 17.8 Å². The first-order valence-corrected chi connectivity index (χ1v) is 6.26. The normalized spacial score (nSPS) is 11.5.